The van der Waals surface area contributed by atoms with Crippen LogP contribution in [0.2, 0.25) is 0 Å². The first-order valence-corrected chi connectivity index (χ1v) is 5.02. The van der Waals surface area contributed by atoms with Crippen molar-refractivity contribution in [2.75, 3.05) is 13.7 Å². The highest BCUT2D eigenvalue weighted by atomic mass is 19.5. The van der Waals surface area contributed by atoms with Crippen LogP contribution in [0.4, 0.5) is 51.8 Å². The maximum absolute atomic E-state index is 9.75. The van der Waals surface area contributed by atoms with E-state index in [9.17, 15) is 51.8 Å². The van der Waals surface area contributed by atoms with Crippen molar-refractivity contribution in [1.82, 2.24) is 0 Å². The quantitative estimate of drug-likeness (QED) is 0.380. The Labute approximate surface area is 113 Å². The maximum atomic E-state index is 9.75. The summed E-state index contributed by atoms with van der Waals surface area (Å²) >= 11 is 0. The van der Waals surface area contributed by atoms with E-state index < -0.39 is 21.8 Å². The Morgan fingerprint density at radius 1 is 0.619 bits per heavy atom. The normalized spacial score (nSPS) is 11.1. The fourth-order valence-electron chi connectivity index (χ4n) is 0.289. The van der Waals surface area contributed by atoms with Gasteiger partial charge >= 0.3 is 21.8 Å². The molecule has 0 spiro atoms. The Hall–Kier alpha value is -0.685. The van der Waals surface area contributed by atoms with Gasteiger partial charge in [0.05, 0.1) is 0 Å². The number of methoxy groups -OCH3 is 1. The van der Waals surface area contributed by atoms with Crippen LogP contribution in [0.1, 0.15) is 19.8 Å². The molecule has 0 saturated carbocycles. The molecule has 0 radical (unpaired) electrons. The highest BCUT2D eigenvalue weighted by Crippen LogP contribution is 2.07. The van der Waals surface area contributed by atoms with Crippen LogP contribution in [-0.2, 0) is 4.74 Å². The third-order valence-electron chi connectivity index (χ3n) is 0.702. The van der Waals surface area contributed by atoms with Crippen LogP contribution in [0.5, 0.6) is 0 Å². The summed E-state index contributed by atoms with van der Waals surface area (Å²) in [5.74, 6) is 0. The van der Waals surface area contributed by atoms with Crippen LogP contribution in [0.25, 0.3) is 0 Å². The number of rotatable bonds is 3. The predicted octanol–water partition coefficient (Wildman–Crippen LogP) is 5.33. The van der Waals surface area contributed by atoms with Crippen LogP contribution >= 0.6 is 0 Å². The maximum Gasteiger partial charge on any atom is 0.673 e. The minimum atomic E-state index is -6.00. The Morgan fingerprint density at radius 2 is 0.810 bits per heavy atom. The van der Waals surface area contributed by atoms with Crippen molar-refractivity contribution < 1.29 is 56.5 Å². The lowest BCUT2D eigenvalue weighted by atomic mass is 10.3. The topological polar surface area (TPSA) is 9.23 Å². The van der Waals surface area contributed by atoms with Crippen LogP contribution in [-0.4, -0.2) is 35.5 Å². The van der Waals surface area contributed by atoms with Crippen molar-refractivity contribution in [2.24, 2.45) is 0 Å². The van der Waals surface area contributed by atoms with Crippen molar-refractivity contribution in [2.45, 2.75) is 19.8 Å². The van der Waals surface area contributed by atoms with E-state index >= 15 is 0 Å². The first-order valence-electron chi connectivity index (χ1n) is 5.02. The summed E-state index contributed by atoms with van der Waals surface area (Å²) in [4.78, 5) is 0. The third kappa shape index (κ3) is 1080. The minimum absolute atomic E-state index is 0.913. The summed E-state index contributed by atoms with van der Waals surface area (Å²) in [5, 5.41) is 0. The van der Waals surface area contributed by atoms with E-state index in [0.717, 1.165) is 6.61 Å². The van der Waals surface area contributed by atoms with Crippen LogP contribution in [0.3, 0.4) is 0 Å². The zero-order chi connectivity index (χ0) is 18.3. The molecule has 0 aromatic rings. The van der Waals surface area contributed by atoms with Gasteiger partial charge in [0.25, 0.3) is 0 Å². The lowest BCUT2D eigenvalue weighted by Crippen LogP contribution is -2.02. The third-order valence-corrected chi connectivity index (χ3v) is 0.702. The van der Waals surface area contributed by atoms with Gasteiger partial charge in [-0.05, 0) is 6.42 Å². The van der Waals surface area contributed by atoms with Crippen molar-refractivity contribution in [3.05, 3.63) is 0 Å². The van der Waals surface area contributed by atoms with E-state index in [0.29, 0.717) is 0 Å². The minimum Gasteiger partial charge on any atom is -0.418 e. The number of halogens is 12. The second-order valence-corrected chi connectivity index (χ2v) is 2.83. The van der Waals surface area contributed by atoms with Crippen molar-refractivity contribution in [3.63, 3.8) is 0 Å². The molecule has 0 aliphatic carbocycles. The van der Waals surface area contributed by atoms with Gasteiger partial charge < -0.3 is 56.5 Å². The van der Waals surface area contributed by atoms with Gasteiger partial charge in [0, 0.05) is 13.7 Å². The summed E-state index contributed by atoms with van der Waals surface area (Å²) in [6.07, 6.45) is 2.42. The SMILES string of the molecule is CCCCOC.F[B-](F)(F)F.F[B-](F)(F)F.F[B-](F)(F)F. The summed E-state index contributed by atoms with van der Waals surface area (Å²) in [6.45, 7) is 3.07. The molecule has 21 heavy (non-hydrogen) atoms. The highest BCUT2D eigenvalue weighted by Gasteiger charge is 2.21. The Bertz CT molecular complexity index is 150. The second kappa shape index (κ2) is 14.3. The fraction of sp³-hybridized carbons (Fsp3) is 1.00. The average Bonchev–Trinajstić information content (AvgIpc) is 2.06. The highest BCUT2D eigenvalue weighted by molar-refractivity contribution is 6.50. The summed E-state index contributed by atoms with van der Waals surface area (Å²) in [7, 11) is -16.3. The van der Waals surface area contributed by atoms with Gasteiger partial charge in [-0.25, -0.2) is 0 Å². The molecule has 0 aromatic carbocycles. The number of ether oxygens (including phenoxy) is 1. The van der Waals surface area contributed by atoms with E-state index in [1.165, 1.54) is 12.8 Å². The van der Waals surface area contributed by atoms with Crippen molar-refractivity contribution in [3.8, 4) is 0 Å². The Balaban J connectivity index is -0.0000000921. The summed E-state index contributed by atoms with van der Waals surface area (Å²) < 4.78 is 122. The van der Waals surface area contributed by atoms with E-state index in [-0.39, 0.29) is 0 Å². The zero-order valence-corrected chi connectivity index (χ0v) is 10.8. The van der Waals surface area contributed by atoms with Gasteiger partial charge in [0.15, 0.2) is 0 Å². The molecule has 0 fully saturated rings. The lowest BCUT2D eigenvalue weighted by molar-refractivity contribution is 0.194. The van der Waals surface area contributed by atoms with Gasteiger partial charge in [-0.15, -0.1) is 0 Å². The lowest BCUT2D eigenvalue weighted by Gasteiger charge is -1.94. The number of unbranched alkanes of at least 4 members (excludes halogenated alkanes) is 1. The number of hydrogen-bond acceptors (Lipinski definition) is 1. The molecule has 0 N–H and O–H groups in total. The Kier molecular flexibility index (Phi) is 19.3. The number of hydrogen-bond donors (Lipinski definition) is 0. The molecule has 0 saturated heterocycles. The van der Waals surface area contributed by atoms with E-state index in [2.05, 4.69) is 6.92 Å². The molecule has 134 valence electrons. The average molecular weight is 349 g/mol. The van der Waals surface area contributed by atoms with Gasteiger partial charge in [0.1, 0.15) is 0 Å². The van der Waals surface area contributed by atoms with Gasteiger partial charge in [-0.2, -0.15) is 0 Å². The van der Waals surface area contributed by atoms with Gasteiger partial charge in [0.2, 0.25) is 0 Å². The van der Waals surface area contributed by atoms with E-state index in [1.54, 1.807) is 7.11 Å². The zero-order valence-electron chi connectivity index (χ0n) is 10.8. The van der Waals surface area contributed by atoms with E-state index in [1.807, 2.05) is 0 Å². The molecule has 0 aromatic heterocycles. The molecule has 0 amide bonds. The summed E-state index contributed by atoms with van der Waals surface area (Å²) in [5.41, 5.74) is 0. The smallest absolute Gasteiger partial charge is 0.418 e. The molecular weight excluding hydrogens is 336 g/mol. The van der Waals surface area contributed by atoms with Gasteiger partial charge in [-0.1, -0.05) is 13.3 Å². The molecule has 0 aliphatic rings. The Morgan fingerprint density at radius 3 is 0.857 bits per heavy atom. The van der Waals surface area contributed by atoms with Crippen LogP contribution in [0.15, 0.2) is 0 Å². The van der Waals surface area contributed by atoms with Crippen molar-refractivity contribution in [1.29, 1.82) is 0 Å². The molecule has 1 nitrogen and oxygen atoms in total. The molecule has 0 bridgehead atoms. The molecule has 0 unspecified atom stereocenters. The first kappa shape index (κ1) is 28.5. The standard InChI is InChI=1S/C5H12O.3BF4/c1-3-4-5-6-2;3*2-1(3,4)5/h3-5H2,1-2H3;;;/q;3*-1. The molecule has 0 heterocycles. The van der Waals surface area contributed by atoms with Crippen LogP contribution < -0.4 is 0 Å². The monoisotopic (exact) mass is 349 g/mol. The van der Waals surface area contributed by atoms with E-state index in [4.69, 9.17) is 4.74 Å². The van der Waals surface area contributed by atoms with Gasteiger partial charge in [-0.3, -0.25) is 0 Å². The summed E-state index contributed by atoms with van der Waals surface area (Å²) in [6, 6.07) is 0. The largest absolute Gasteiger partial charge is 0.673 e. The fourth-order valence-corrected chi connectivity index (χ4v) is 0.289. The molecule has 0 atom stereocenters. The predicted molar refractivity (Wildman–Crippen MR) is 57.3 cm³/mol. The molecule has 16 heteroatoms. The molecule has 0 aliphatic heterocycles. The molecular formula is C5H12B3F12O-3. The van der Waals surface area contributed by atoms with Crippen molar-refractivity contribution >= 4 is 21.8 Å². The second-order valence-electron chi connectivity index (χ2n) is 2.83. The van der Waals surface area contributed by atoms with Crippen LogP contribution in [0, 0.1) is 0 Å². The first-order chi connectivity index (χ1) is 8.91. The molecule has 0 rings (SSSR count).